The van der Waals surface area contributed by atoms with E-state index in [1.165, 1.54) is 38.3 Å². The summed E-state index contributed by atoms with van der Waals surface area (Å²) < 4.78 is 32.0. The third-order valence-electron chi connectivity index (χ3n) is 7.30. The molecule has 0 radical (unpaired) electrons. The summed E-state index contributed by atoms with van der Waals surface area (Å²) in [7, 11) is 1.25. The molecule has 2 aliphatic rings. The number of benzene rings is 1. The lowest BCUT2D eigenvalue weighted by Gasteiger charge is -2.42. The van der Waals surface area contributed by atoms with Crippen LogP contribution in [0.15, 0.2) is 18.2 Å². The number of esters is 1. The number of aliphatic hydroxyl groups is 8. The first kappa shape index (κ1) is 37.3. The van der Waals surface area contributed by atoms with Gasteiger partial charge in [0.1, 0.15) is 55.4 Å². The van der Waals surface area contributed by atoms with Crippen LogP contribution < -0.4 is 9.47 Å². The number of hydrogen-bond acceptors (Lipinski definition) is 17. The zero-order valence-corrected chi connectivity index (χ0v) is 24.9. The Morgan fingerprint density at radius 1 is 0.870 bits per heavy atom. The van der Waals surface area contributed by atoms with E-state index in [9.17, 15) is 60.7 Å². The highest BCUT2D eigenvalue weighted by molar-refractivity contribution is 5.74. The van der Waals surface area contributed by atoms with E-state index in [1.54, 1.807) is 0 Å². The molecule has 0 spiro atoms. The fraction of sp³-hybridized carbons (Fsp3) is 0.643. The van der Waals surface area contributed by atoms with E-state index in [1.807, 2.05) is 0 Å². The van der Waals surface area contributed by atoms with Gasteiger partial charge in [-0.15, -0.1) is 0 Å². The van der Waals surface area contributed by atoms with Crippen molar-refractivity contribution in [2.75, 3.05) is 26.9 Å². The van der Waals surface area contributed by atoms with Gasteiger partial charge in [-0.2, -0.15) is 0 Å². The molecule has 46 heavy (non-hydrogen) atoms. The number of carboxylic acids is 1. The van der Waals surface area contributed by atoms with E-state index in [0.29, 0.717) is 5.56 Å². The molecule has 2 heterocycles. The van der Waals surface area contributed by atoms with Crippen molar-refractivity contribution in [2.45, 2.75) is 86.8 Å². The highest BCUT2D eigenvalue weighted by atomic mass is 16.7. The van der Waals surface area contributed by atoms with Crippen LogP contribution in [0.2, 0.25) is 0 Å². The molecule has 0 bridgehead atoms. The zero-order valence-electron chi connectivity index (χ0n) is 24.9. The van der Waals surface area contributed by atoms with Gasteiger partial charge in [0.25, 0.3) is 0 Å². The van der Waals surface area contributed by atoms with Crippen molar-refractivity contribution in [1.82, 2.24) is 0 Å². The Morgan fingerprint density at radius 3 is 1.98 bits per heavy atom. The predicted molar refractivity (Wildman–Crippen MR) is 149 cm³/mol. The quantitative estimate of drug-likeness (QED) is 0.0866. The highest BCUT2D eigenvalue weighted by Gasteiger charge is 2.48. The second-order valence-electron chi connectivity index (χ2n) is 11.0. The van der Waals surface area contributed by atoms with Crippen LogP contribution in [0.4, 0.5) is 0 Å². The molecule has 18 heteroatoms. The molecule has 18 nitrogen and oxygen atoms in total. The number of carbonyl (C=O) groups is 2. The Labute approximate surface area is 262 Å². The van der Waals surface area contributed by atoms with Gasteiger partial charge in [0, 0.05) is 0 Å². The average molecular weight is 665 g/mol. The summed E-state index contributed by atoms with van der Waals surface area (Å²) in [5.41, 5.74) is -1.48. The lowest BCUT2D eigenvalue weighted by molar-refractivity contribution is -0.325. The number of ether oxygens (including phenoxy) is 6. The lowest BCUT2D eigenvalue weighted by Crippen LogP contribution is -2.60. The van der Waals surface area contributed by atoms with Gasteiger partial charge in [0.2, 0.25) is 12.0 Å². The Hall–Kier alpha value is -3.14. The minimum Gasteiger partial charge on any atom is -0.504 e. The highest BCUT2D eigenvalue weighted by Crippen LogP contribution is 2.40. The van der Waals surface area contributed by atoms with E-state index in [-0.39, 0.29) is 18.1 Å². The first-order chi connectivity index (χ1) is 21.6. The maximum absolute atomic E-state index is 12.6. The van der Waals surface area contributed by atoms with Crippen LogP contribution in [-0.2, 0) is 28.5 Å². The number of rotatable bonds is 14. The normalized spacial score (nSPS) is 32.9. The molecular weight excluding hydrogens is 624 g/mol. The van der Waals surface area contributed by atoms with Crippen LogP contribution >= 0.6 is 0 Å². The van der Waals surface area contributed by atoms with E-state index >= 15 is 0 Å². The molecule has 11 atom stereocenters. The molecule has 10 N–H and O–H groups in total. The van der Waals surface area contributed by atoms with E-state index < -0.39 is 111 Å². The van der Waals surface area contributed by atoms with Crippen LogP contribution in [0.1, 0.15) is 25.3 Å². The second-order valence-corrected chi connectivity index (χ2v) is 11.0. The summed E-state index contributed by atoms with van der Waals surface area (Å²) in [6.07, 6.45) is -14.8. The van der Waals surface area contributed by atoms with Crippen molar-refractivity contribution in [3.05, 3.63) is 23.8 Å². The third kappa shape index (κ3) is 9.02. The Bertz CT molecular complexity index is 1210. The third-order valence-corrected chi connectivity index (χ3v) is 7.30. The number of aliphatic carboxylic acids is 1. The molecular formula is C28H40O18. The summed E-state index contributed by atoms with van der Waals surface area (Å²) >= 11 is 0. The number of aliphatic hydroxyl groups excluding tert-OH is 8. The van der Waals surface area contributed by atoms with Gasteiger partial charge in [-0.25, -0.2) is 0 Å². The van der Waals surface area contributed by atoms with E-state index in [0.717, 1.165) is 0 Å². The fourth-order valence-electron chi connectivity index (χ4n) is 4.85. The molecule has 260 valence electrons. The number of methoxy groups -OCH3 is 1. The standard InChI is InChI=1S/C28H40O18/c1-28(8-17(32)33,46-27-24(40)22(38)20(36)16(11-30)44-27)9-18(34)42-5-3-4-12-6-13(31)25(14(7-12)41-2)45-26-23(39)21(37)19(35)15(10-29)43-26/h3-4,6-7,15-16,19-24,26-27,29-31,35-40H,5,8-11H2,1-2H3,(H,32,33)/b4-3+/t15-,16-,19-,20-,21+,22+,23-,24-,26+,27+,28?/m1/s1. The number of aromatic hydroxyl groups is 1. The van der Waals surface area contributed by atoms with Gasteiger partial charge in [-0.05, 0) is 30.7 Å². The maximum Gasteiger partial charge on any atom is 0.309 e. The number of phenols is 1. The number of carbonyl (C=O) groups excluding carboxylic acids is 1. The van der Waals surface area contributed by atoms with Crippen molar-refractivity contribution in [3.8, 4) is 17.2 Å². The van der Waals surface area contributed by atoms with Gasteiger partial charge in [-0.3, -0.25) is 9.59 Å². The van der Waals surface area contributed by atoms with Crippen LogP contribution in [0.3, 0.4) is 0 Å². The topological polar surface area (TPSA) is 292 Å². The molecule has 0 amide bonds. The number of hydrogen-bond donors (Lipinski definition) is 10. The van der Waals surface area contributed by atoms with Gasteiger partial charge in [-0.1, -0.05) is 6.08 Å². The largest absolute Gasteiger partial charge is 0.504 e. The van der Waals surface area contributed by atoms with E-state index in [2.05, 4.69) is 0 Å². The molecule has 0 saturated carbocycles. The number of carboxylic acid groups (broad SMARTS) is 1. The minimum atomic E-state index is -1.83. The van der Waals surface area contributed by atoms with Crippen LogP contribution in [-0.4, -0.2) is 157 Å². The molecule has 1 unspecified atom stereocenters. The minimum absolute atomic E-state index is 0.0385. The smallest absolute Gasteiger partial charge is 0.309 e. The summed E-state index contributed by atoms with van der Waals surface area (Å²) in [5, 5.41) is 99.0. The van der Waals surface area contributed by atoms with Crippen LogP contribution in [0.25, 0.3) is 6.08 Å². The monoisotopic (exact) mass is 664 g/mol. The van der Waals surface area contributed by atoms with Crippen molar-refractivity contribution in [2.24, 2.45) is 0 Å². The first-order valence-electron chi connectivity index (χ1n) is 14.0. The van der Waals surface area contributed by atoms with Gasteiger partial charge in [0.05, 0.1) is 38.8 Å². The summed E-state index contributed by atoms with van der Waals surface area (Å²) in [6, 6.07) is 2.62. The summed E-state index contributed by atoms with van der Waals surface area (Å²) in [4.78, 5) is 24.1. The van der Waals surface area contributed by atoms with Crippen molar-refractivity contribution in [1.29, 1.82) is 0 Å². The van der Waals surface area contributed by atoms with Gasteiger partial charge < -0.3 is 79.5 Å². The molecule has 1 aromatic carbocycles. The molecule has 0 aliphatic carbocycles. The average Bonchev–Trinajstić information content (AvgIpc) is 3.00. The molecule has 2 fully saturated rings. The summed E-state index contributed by atoms with van der Waals surface area (Å²) in [5.74, 6) is -3.09. The van der Waals surface area contributed by atoms with Crippen molar-refractivity contribution < 1.29 is 89.1 Å². The van der Waals surface area contributed by atoms with Crippen LogP contribution in [0, 0.1) is 0 Å². The molecule has 3 rings (SSSR count). The predicted octanol–water partition coefficient (Wildman–Crippen LogP) is -3.42. The first-order valence-corrected chi connectivity index (χ1v) is 14.0. The molecule has 1 aromatic rings. The van der Waals surface area contributed by atoms with Crippen LogP contribution in [0.5, 0.6) is 17.2 Å². The molecule has 2 aliphatic heterocycles. The van der Waals surface area contributed by atoms with Gasteiger partial charge in [0.15, 0.2) is 17.8 Å². The van der Waals surface area contributed by atoms with Crippen molar-refractivity contribution >= 4 is 18.0 Å². The molecule has 2 saturated heterocycles. The summed E-state index contributed by atoms with van der Waals surface area (Å²) in [6.45, 7) is -0.518. The lowest BCUT2D eigenvalue weighted by atomic mass is 9.95. The van der Waals surface area contributed by atoms with E-state index in [4.69, 9.17) is 28.4 Å². The fourth-order valence-corrected chi connectivity index (χ4v) is 4.85. The van der Waals surface area contributed by atoms with Crippen molar-refractivity contribution in [3.63, 3.8) is 0 Å². The Kier molecular flexibility index (Phi) is 13.1. The zero-order chi connectivity index (χ0) is 34.3. The number of phenolic OH excluding ortho intramolecular Hbond substituents is 1. The second kappa shape index (κ2) is 16.1. The SMILES string of the molecule is COc1cc(/C=C/COC(=O)CC(C)(CC(=O)O)O[C@@H]2O[C@H](CO)[C@@H](O)[C@H](O)[C@H]2O)cc(O)c1O[C@@H]1O[C@H](CO)[C@@H](O)[C@H](O)[C@H]1O. The maximum atomic E-state index is 12.6. The Morgan fingerprint density at radius 2 is 1.43 bits per heavy atom. The van der Waals surface area contributed by atoms with Gasteiger partial charge >= 0.3 is 11.9 Å². The molecule has 0 aromatic heterocycles. The Balaban J connectivity index is 1.63.